The van der Waals surface area contributed by atoms with Gasteiger partial charge in [0.2, 0.25) is 5.82 Å². The van der Waals surface area contributed by atoms with E-state index in [0.717, 1.165) is 10.1 Å². The monoisotopic (exact) mass is 341 g/mol. The summed E-state index contributed by atoms with van der Waals surface area (Å²) in [5, 5.41) is 17.9. The third kappa shape index (κ3) is 2.96. The molecule has 24 heavy (non-hydrogen) atoms. The molecule has 0 fully saturated rings. The number of benzene rings is 1. The molecule has 2 aromatic rings. The molecule has 0 bridgehead atoms. The Hall–Kier alpha value is -2.49. The number of nitro benzene ring substituents is 1. The lowest BCUT2D eigenvalue weighted by atomic mass is 10.1. The number of rotatable bonds is 3. The molecule has 0 N–H and O–H groups in total. The summed E-state index contributed by atoms with van der Waals surface area (Å²) in [5.41, 5.74) is 1.37. The Morgan fingerprint density at radius 3 is 2.71 bits per heavy atom. The third-order valence-corrected chi connectivity index (χ3v) is 4.09. The van der Waals surface area contributed by atoms with E-state index in [-0.39, 0.29) is 24.6 Å². The summed E-state index contributed by atoms with van der Waals surface area (Å²) in [6.45, 7) is 2.80. The van der Waals surface area contributed by atoms with Crippen LogP contribution in [-0.2, 0) is 25.8 Å². The number of hydrogen-bond donors (Lipinski definition) is 0. The van der Waals surface area contributed by atoms with E-state index in [1.807, 2.05) is 4.90 Å². The van der Waals surface area contributed by atoms with Crippen LogP contribution in [0.1, 0.15) is 22.8 Å². The molecular weight excluding hydrogens is 327 g/mol. The Bertz CT molecular complexity index is 787. The van der Waals surface area contributed by atoms with E-state index in [1.165, 1.54) is 6.07 Å². The van der Waals surface area contributed by atoms with Crippen molar-refractivity contribution in [3.63, 3.8) is 0 Å². The first-order valence-electron chi connectivity index (χ1n) is 7.22. The zero-order chi connectivity index (χ0) is 17.5. The van der Waals surface area contributed by atoms with Crippen molar-refractivity contribution in [2.45, 2.75) is 32.7 Å². The standard InChI is InChI=1S/C14H14F3N5O2/c1-9-10(3-2-4-11(9)22(23)24)7-20-5-6-21-12(8-20)18-19-13(21)14(15,16)17/h2-4H,5-8H2,1H3. The Balaban J connectivity index is 1.79. The molecule has 1 aromatic heterocycles. The van der Waals surface area contributed by atoms with Crippen LogP contribution in [0.25, 0.3) is 0 Å². The quantitative estimate of drug-likeness (QED) is 0.633. The lowest BCUT2D eigenvalue weighted by Gasteiger charge is -2.28. The first-order chi connectivity index (χ1) is 11.3. The second-order valence-corrected chi connectivity index (χ2v) is 5.62. The number of halogens is 3. The Kier molecular flexibility index (Phi) is 3.99. The number of hydrogen-bond acceptors (Lipinski definition) is 5. The molecule has 0 saturated carbocycles. The number of fused-ring (bicyclic) bond motifs is 1. The van der Waals surface area contributed by atoms with E-state index in [1.54, 1.807) is 19.1 Å². The van der Waals surface area contributed by atoms with Crippen LogP contribution in [-0.4, -0.2) is 31.1 Å². The van der Waals surface area contributed by atoms with Gasteiger partial charge >= 0.3 is 6.18 Å². The highest BCUT2D eigenvalue weighted by molar-refractivity contribution is 5.44. The van der Waals surface area contributed by atoms with Gasteiger partial charge in [0.25, 0.3) is 5.69 Å². The third-order valence-electron chi connectivity index (χ3n) is 4.09. The minimum Gasteiger partial charge on any atom is -0.305 e. The Morgan fingerprint density at radius 2 is 2.04 bits per heavy atom. The summed E-state index contributed by atoms with van der Waals surface area (Å²) < 4.78 is 39.6. The van der Waals surface area contributed by atoms with Gasteiger partial charge in [-0.05, 0) is 12.5 Å². The fourth-order valence-electron chi connectivity index (χ4n) is 2.83. The highest BCUT2D eigenvalue weighted by Gasteiger charge is 2.39. The van der Waals surface area contributed by atoms with Crippen LogP contribution in [0.5, 0.6) is 0 Å². The van der Waals surface area contributed by atoms with E-state index in [4.69, 9.17) is 0 Å². The second kappa shape index (κ2) is 5.86. The van der Waals surface area contributed by atoms with E-state index in [2.05, 4.69) is 10.2 Å². The van der Waals surface area contributed by atoms with Gasteiger partial charge in [-0.15, -0.1) is 10.2 Å². The average molecular weight is 341 g/mol. The highest BCUT2D eigenvalue weighted by Crippen LogP contribution is 2.30. The summed E-state index contributed by atoms with van der Waals surface area (Å²) in [6, 6.07) is 4.82. The predicted octanol–water partition coefficient (Wildman–Crippen LogP) is 2.53. The van der Waals surface area contributed by atoms with Crippen molar-refractivity contribution in [3.8, 4) is 0 Å². The molecule has 0 radical (unpaired) electrons. The number of aromatic nitrogens is 3. The van der Waals surface area contributed by atoms with Crippen molar-refractivity contribution in [1.29, 1.82) is 0 Å². The van der Waals surface area contributed by atoms with Gasteiger partial charge in [-0.25, -0.2) is 0 Å². The van der Waals surface area contributed by atoms with Crippen LogP contribution >= 0.6 is 0 Å². The summed E-state index contributed by atoms with van der Waals surface area (Å²) in [6.07, 6.45) is -4.52. The van der Waals surface area contributed by atoms with Crippen LogP contribution in [0.2, 0.25) is 0 Å². The van der Waals surface area contributed by atoms with Gasteiger partial charge in [-0.3, -0.25) is 15.0 Å². The number of nitro groups is 1. The van der Waals surface area contributed by atoms with Crippen LogP contribution in [0, 0.1) is 17.0 Å². The molecule has 3 rings (SSSR count). The maximum absolute atomic E-state index is 12.8. The van der Waals surface area contributed by atoms with Gasteiger partial charge in [0, 0.05) is 31.3 Å². The molecule has 0 aliphatic carbocycles. The van der Waals surface area contributed by atoms with E-state index < -0.39 is 16.9 Å². The van der Waals surface area contributed by atoms with Crippen LogP contribution in [0.3, 0.4) is 0 Å². The number of nitrogens with zero attached hydrogens (tertiary/aromatic N) is 5. The zero-order valence-electron chi connectivity index (χ0n) is 12.7. The molecule has 0 amide bonds. The van der Waals surface area contributed by atoms with Gasteiger partial charge in [0.15, 0.2) is 0 Å². The van der Waals surface area contributed by atoms with Crippen molar-refractivity contribution in [2.24, 2.45) is 0 Å². The van der Waals surface area contributed by atoms with Crippen molar-refractivity contribution < 1.29 is 18.1 Å². The van der Waals surface area contributed by atoms with Gasteiger partial charge in [-0.2, -0.15) is 13.2 Å². The fraction of sp³-hybridized carbons (Fsp3) is 0.429. The summed E-state index contributed by atoms with van der Waals surface area (Å²) in [5.74, 6) is -0.736. The van der Waals surface area contributed by atoms with Crippen molar-refractivity contribution in [1.82, 2.24) is 19.7 Å². The van der Waals surface area contributed by atoms with Crippen molar-refractivity contribution >= 4 is 5.69 Å². The summed E-state index contributed by atoms with van der Waals surface area (Å²) in [4.78, 5) is 12.4. The van der Waals surface area contributed by atoms with Gasteiger partial charge in [-0.1, -0.05) is 12.1 Å². The topological polar surface area (TPSA) is 77.1 Å². The maximum Gasteiger partial charge on any atom is 0.451 e. The van der Waals surface area contributed by atoms with Crippen LogP contribution < -0.4 is 0 Å². The fourth-order valence-corrected chi connectivity index (χ4v) is 2.83. The average Bonchev–Trinajstić information content (AvgIpc) is 2.92. The molecule has 0 saturated heterocycles. The molecule has 7 nitrogen and oxygen atoms in total. The Morgan fingerprint density at radius 1 is 1.29 bits per heavy atom. The summed E-state index contributed by atoms with van der Waals surface area (Å²) in [7, 11) is 0. The lowest BCUT2D eigenvalue weighted by molar-refractivity contribution is -0.385. The minimum atomic E-state index is -4.52. The normalized spacial score (nSPS) is 15.3. The molecule has 0 atom stereocenters. The lowest BCUT2D eigenvalue weighted by Crippen LogP contribution is -2.35. The Labute approximate surface area is 134 Å². The molecule has 1 aliphatic rings. The minimum absolute atomic E-state index is 0.0343. The van der Waals surface area contributed by atoms with Crippen molar-refractivity contribution in [3.05, 3.63) is 51.1 Å². The number of alkyl halides is 3. The molecule has 1 aromatic carbocycles. The molecule has 0 unspecified atom stereocenters. The van der Waals surface area contributed by atoms with Gasteiger partial charge in [0.05, 0.1) is 11.5 Å². The van der Waals surface area contributed by atoms with E-state index >= 15 is 0 Å². The predicted molar refractivity (Wildman–Crippen MR) is 77.0 cm³/mol. The molecule has 1 aliphatic heterocycles. The smallest absolute Gasteiger partial charge is 0.305 e. The van der Waals surface area contributed by atoms with Gasteiger partial charge < -0.3 is 4.57 Å². The SMILES string of the molecule is Cc1c(CN2CCn3c(nnc3C(F)(F)F)C2)cccc1[N+](=O)[O-]. The van der Waals surface area contributed by atoms with E-state index in [0.29, 0.717) is 18.7 Å². The van der Waals surface area contributed by atoms with E-state index in [9.17, 15) is 23.3 Å². The maximum atomic E-state index is 12.8. The largest absolute Gasteiger partial charge is 0.451 e. The second-order valence-electron chi connectivity index (χ2n) is 5.62. The molecule has 10 heteroatoms. The van der Waals surface area contributed by atoms with Crippen molar-refractivity contribution in [2.75, 3.05) is 6.54 Å². The summed E-state index contributed by atoms with van der Waals surface area (Å²) >= 11 is 0. The zero-order valence-corrected chi connectivity index (χ0v) is 12.7. The van der Waals surface area contributed by atoms with Gasteiger partial charge in [0.1, 0.15) is 5.82 Å². The molecule has 0 spiro atoms. The first-order valence-corrected chi connectivity index (χ1v) is 7.22. The van der Waals surface area contributed by atoms with Crippen LogP contribution in [0.15, 0.2) is 18.2 Å². The highest BCUT2D eigenvalue weighted by atomic mass is 19.4. The molecule has 2 heterocycles. The molecular formula is C14H14F3N5O2. The molecule has 128 valence electrons. The van der Waals surface area contributed by atoms with Crippen LogP contribution in [0.4, 0.5) is 18.9 Å². The first kappa shape index (κ1) is 16.4.